The fourth-order valence-corrected chi connectivity index (χ4v) is 1.29. The molecule has 0 bridgehead atoms. The Bertz CT molecular complexity index is 214. The Labute approximate surface area is 78.5 Å². The van der Waals surface area contributed by atoms with Crippen molar-refractivity contribution in [2.45, 2.75) is 20.3 Å². The van der Waals surface area contributed by atoms with Crippen LogP contribution in [0.25, 0.3) is 0 Å². The van der Waals surface area contributed by atoms with Crippen molar-refractivity contribution in [3.8, 4) is 0 Å². The minimum absolute atomic E-state index is 0.0201. The molecule has 0 aromatic rings. The number of rotatable bonds is 3. The van der Waals surface area contributed by atoms with Gasteiger partial charge in [-0.1, -0.05) is 0 Å². The van der Waals surface area contributed by atoms with E-state index in [1.165, 1.54) is 6.92 Å². The lowest BCUT2D eigenvalue weighted by atomic mass is 10.2. The standard InChI is InChI=1S/C9H16N2O2/c1-3-13-9-4-6-11(7-5-9)10-8(2)12/h4H,3,5-7H2,1-2H3,(H,10,12). The fraction of sp³-hybridized carbons (Fsp3) is 0.667. The summed E-state index contributed by atoms with van der Waals surface area (Å²) in [6.07, 6.45) is 2.87. The maximum absolute atomic E-state index is 10.7. The molecule has 1 amide bonds. The molecule has 0 spiro atoms. The van der Waals surface area contributed by atoms with Crippen LogP contribution < -0.4 is 5.43 Å². The minimum Gasteiger partial charge on any atom is -0.498 e. The molecule has 4 nitrogen and oxygen atoms in total. The summed E-state index contributed by atoms with van der Waals surface area (Å²) in [6.45, 7) is 5.76. The second-order valence-electron chi connectivity index (χ2n) is 2.97. The van der Waals surface area contributed by atoms with Crippen LogP contribution in [0.4, 0.5) is 0 Å². The van der Waals surface area contributed by atoms with E-state index in [2.05, 4.69) is 5.43 Å². The quantitative estimate of drug-likeness (QED) is 0.700. The van der Waals surface area contributed by atoms with Gasteiger partial charge in [-0.3, -0.25) is 10.2 Å². The van der Waals surface area contributed by atoms with Gasteiger partial charge in [0.1, 0.15) is 0 Å². The van der Waals surface area contributed by atoms with Gasteiger partial charge in [0.25, 0.3) is 0 Å². The average molecular weight is 184 g/mol. The molecule has 0 saturated carbocycles. The number of carbonyl (C=O) groups is 1. The molecule has 0 atom stereocenters. The highest BCUT2D eigenvalue weighted by molar-refractivity contribution is 5.72. The van der Waals surface area contributed by atoms with E-state index in [4.69, 9.17) is 4.74 Å². The number of hydrogen-bond acceptors (Lipinski definition) is 3. The number of hydrogen-bond donors (Lipinski definition) is 1. The Morgan fingerprint density at radius 2 is 2.54 bits per heavy atom. The second kappa shape index (κ2) is 4.87. The third-order valence-electron chi connectivity index (χ3n) is 1.81. The summed E-state index contributed by atoms with van der Waals surface area (Å²) in [5.74, 6) is 1.01. The minimum atomic E-state index is -0.0201. The number of nitrogens with one attached hydrogen (secondary N) is 1. The lowest BCUT2D eigenvalue weighted by molar-refractivity contribution is -0.123. The average Bonchev–Trinajstić information content (AvgIpc) is 2.08. The smallest absolute Gasteiger partial charge is 0.231 e. The summed E-state index contributed by atoms with van der Waals surface area (Å²) < 4.78 is 5.36. The number of hydrazine groups is 1. The highest BCUT2D eigenvalue weighted by Crippen LogP contribution is 2.09. The molecule has 0 saturated heterocycles. The zero-order chi connectivity index (χ0) is 9.68. The molecule has 13 heavy (non-hydrogen) atoms. The molecule has 0 aromatic carbocycles. The van der Waals surface area contributed by atoms with E-state index < -0.39 is 0 Å². The van der Waals surface area contributed by atoms with Crippen LogP contribution in [0.2, 0.25) is 0 Å². The molecule has 1 aliphatic heterocycles. The molecule has 0 aromatic heterocycles. The van der Waals surface area contributed by atoms with Gasteiger partial charge in [-0.25, -0.2) is 5.01 Å². The largest absolute Gasteiger partial charge is 0.498 e. The number of ether oxygens (including phenoxy) is 1. The summed E-state index contributed by atoms with van der Waals surface area (Å²) >= 11 is 0. The van der Waals surface area contributed by atoms with Crippen molar-refractivity contribution >= 4 is 5.91 Å². The van der Waals surface area contributed by atoms with Crippen molar-refractivity contribution in [1.29, 1.82) is 0 Å². The van der Waals surface area contributed by atoms with Gasteiger partial charge in [0.2, 0.25) is 5.91 Å². The van der Waals surface area contributed by atoms with Crippen LogP contribution in [0.3, 0.4) is 0 Å². The zero-order valence-corrected chi connectivity index (χ0v) is 8.17. The van der Waals surface area contributed by atoms with Crippen LogP contribution in [0.5, 0.6) is 0 Å². The highest BCUT2D eigenvalue weighted by atomic mass is 16.5. The molecule has 0 unspecified atom stereocenters. The van der Waals surface area contributed by atoms with Crippen LogP contribution in [-0.4, -0.2) is 30.6 Å². The normalized spacial score (nSPS) is 17.8. The summed E-state index contributed by atoms with van der Waals surface area (Å²) in [5.41, 5.74) is 2.74. The SMILES string of the molecule is CCOC1=CCN(NC(C)=O)CC1. The predicted molar refractivity (Wildman–Crippen MR) is 49.7 cm³/mol. The molecule has 0 fully saturated rings. The Kier molecular flexibility index (Phi) is 3.76. The Morgan fingerprint density at radius 3 is 3.00 bits per heavy atom. The van der Waals surface area contributed by atoms with Crippen molar-refractivity contribution in [1.82, 2.24) is 10.4 Å². The third kappa shape index (κ3) is 3.46. The van der Waals surface area contributed by atoms with Gasteiger partial charge in [0, 0.05) is 26.4 Å². The van der Waals surface area contributed by atoms with E-state index in [-0.39, 0.29) is 5.91 Å². The Morgan fingerprint density at radius 1 is 1.77 bits per heavy atom. The summed E-state index contributed by atoms with van der Waals surface area (Å²) in [5, 5.41) is 1.88. The van der Waals surface area contributed by atoms with Crippen LogP contribution in [0.15, 0.2) is 11.8 Å². The van der Waals surface area contributed by atoms with E-state index in [1.807, 2.05) is 18.0 Å². The first-order chi connectivity index (χ1) is 6.22. The van der Waals surface area contributed by atoms with Crippen LogP contribution in [-0.2, 0) is 9.53 Å². The molecule has 74 valence electrons. The van der Waals surface area contributed by atoms with Gasteiger partial charge in [0.05, 0.1) is 12.4 Å². The Hall–Kier alpha value is -1.03. The van der Waals surface area contributed by atoms with E-state index >= 15 is 0 Å². The van der Waals surface area contributed by atoms with Crippen LogP contribution >= 0.6 is 0 Å². The molecule has 1 heterocycles. The van der Waals surface area contributed by atoms with Crippen molar-refractivity contribution in [2.75, 3.05) is 19.7 Å². The van der Waals surface area contributed by atoms with Crippen molar-refractivity contribution in [3.63, 3.8) is 0 Å². The second-order valence-corrected chi connectivity index (χ2v) is 2.97. The van der Waals surface area contributed by atoms with E-state index in [9.17, 15) is 4.79 Å². The molecule has 1 aliphatic rings. The summed E-state index contributed by atoms with van der Waals surface area (Å²) in [6, 6.07) is 0. The van der Waals surface area contributed by atoms with Crippen LogP contribution in [0.1, 0.15) is 20.3 Å². The van der Waals surface area contributed by atoms with Crippen molar-refractivity contribution in [3.05, 3.63) is 11.8 Å². The maximum Gasteiger partial charge on any atom is 0.231 e. The summed E-state index contributed by atoms with van der Waals surface area (Å²) in [7, 11) is 0. The van der Waals surface area contributed by atoms with Gasteiger partial charge in [-0.05, 0) is 13.0 Å². The lowest BCUT2D eigenvalue weighted by Crippen LogP contribution is -2.43. The number of nitrogens with zero attached hydrogens (tertiary/aromatic N) is 1. The molecule has 4 heteroatoms. The van der Waals surface area contributed by atoms with E-state index in [0.717, 1.165) is 25.3 Å². The lowest BCUT2D eigenvalue weighted by Gasteiger charge is -2.25. The Balaban J connectivity index is 2.32. The van der Waals surface area contributed by atoms with Gasteiger partial charge in [-0.15, -0.1) is 0 Å². The third-order valence-corrected chi connectivity index (χ3v) is 1.81. The van der Waals surface area contributed by atoms with Gasteiger partial charge < -0.3 is 4.74 Å². The first-order valence-corrected chi connectivity index (χ1v) is 4.56. The summed E-state index contributed by atoms with van der Waals surface area (Å²) in [4.78, 5) is 10.7. The van der Waals surface area contributed by atoms with Crippen molar-refractivity contribution in [2.24, 2.45) is 0 Å². The predicted octanol–water partition coefficient (Wildman–Crippen LogP) is 0.664. The molecule has 1 rings (SSSR count). The molecule has 0 aliphatic carbocycles. The monoisotopic (exact) mass is 184 g/mol. The highest BCUT2D eigenvalue weighted by Gasteiger charge is 2.12. The first kappa shape index (κ1) is 10.1. The molecule has 1 N–H and O–H groups in total. The van der Waals surface area contributed by atoms with E-state index in [0.29, 0.717) is 6.61 Å². The fourth-order valence-electron chi connectivity index (χ4n) is 1.29. The van der Waals surface area contributed by atoms with Gasteiger partial charge >= 0.3 is 0 Å². The zero-order valence-electron chi connectivity index (χ0n) is 8.17. The topological polar surface area (TPSA) is 41.6 Å². The van der Waals surface area contributed by atoms with E-state index in [1.54, 1.807) is 0 Å². The molecular weight excluding hydrogens is 168 g/mol. The number of amides is 1. The first-order valence-electron chi connectivity index (χ1n) is 4.56. The van der Waals surface area contributed by atoms with Crippen LogP contribution in [0, 0.1) is 0 Å². The molecule has 0 radical (unpaired) electrons. The van der Waals surface area contributed by atoms with Gasteiger partial charge in [-0.2, -0.15) is 0 Å². The van der Waals surface area contributed by atoms with Crippen molar-refractivity contribution < 1.29 is 9.53 Å². The maximum atomic E-state index is 10.7. The number of carbonyl (C=O) groups excluding carboxylic acids is 1. The van der Waals surface area contributed by atoms with Gasteiger partial charge in [0.15, 0.2) is 0 Å². The molecular formula is C9H16N2O2.